The van der Waals surface area contributed by atoms with E-state index >= 15 is 0 Å². The molecule has 1 aliphatic rings. The number of hydrogen-bond acceptors (Lipinski definition) is 2. The number of benzene rings is 2. The van der Waals surface area contributed by atoms with E-state index in [1.165, 1.54) is 0 Å². The minimum absolute atomic E-state index is 0.104. The van der Waals surface area contributed by atoms with Crippen LogP contribution in [0.25, 0.3) is 0 Å². The summed E-state index contributed by atoms with van der Waals surface area (Å²) in [5.41, 5.74) is 2.50. The second-order valence-corrected chi connectivity index (χ2v) is 5.73. The molecule has 1 heterocycles. The summed E-state index contributed by atoms with van der Waals surface area (Å²) < 4.78 is 0. The van der Waals surface area contributed by atoms with Gasteiger partial charge in [0.1, 0.15) is 0 Å². The van der Waals surface area contributed by atoms with Crippen LogP contribution in [0.15, 0.2) is 42.5 Å². The third-order valence-corrected chi connectivity index (χ3v) is 4.06. The van der Waals surface area contributed by atoms with Crippen LogP contribution in [0.5, 0.6) is 0 Å². The molecular weight excluding hydrogens is 307 g/mol. The lowest BCUT2D eigenvalue weighted by atomic mass is 10.1. The number of anilines is 1. The average Bonchev–Trinajstić information content (AvgIpc) is 2.69. The molecule has 0 saturated heterocycles. The maximum atomic E-state index is 12.8. The first-order valence-corrected chi connectivity index (χ1v) is 7.48. The molecule has 0 spiro atoms. The molecular formula is C16H14Cl2N2O. The summed E-state index contributed by atoms with van der Waals surface area (Å²) in [5, 5.41) is 4.22. The van der Waals surface area contributed by atoms with Crippen LogP contribution in [0.2, 0.25) is 10.0 Å². The average molecular weight is 321 g/mol. The van der Waals surface area contributed by atoms with Crippen molar-refractivity contribution in [2.75, 3.05) is 18.0 Å². The van der Waals surface area contributed by atoms with Crippen LogP contribution in [-0.2, 0) is 6.54 Å². The van der Waals surface area contributed by atoms with E-state index in [1.807, 2.05) is 24.3 Å². The molecule has 0 unspecified atom stereocenters. The molecule has 2 aromatic rings. The molecule has 0 atom stereocenters. The van der Waals surface area contributed by atoms with Gasteiger partial charge in [0.05, 0.1) is 10.6 Å². The first kappa shape index (κ1) is 14.4. The van der Waals surface area contributed by atoms with Crippen LogP contribution in [0, 0.1) is 0 Å². The second-order valence-electron chi connectivity index (χ2n) is 4.89. The Morgan fingerprint density at radius 2 is 1.95 bits per heavy atom. The molecule has 0 aliphatic carbocycles. The van der Waals surface area contributed by atoms with E-state index in [2.05, 4.69) is 5.32 Å². The van der Waals surface area contributed by atoms with Crippen LogP contribution in [-0.4, -0.2) is 19.0 Å². The molecule has 0 bridgehead atoms. The Kier molecular flexibility index (Phi) is 4.15. The summed E-state index contributed by atoms with van der Waals surface area (Å²) in [5.74, 6) is -0.104. The second kappa shape index (κ2) is 6.06. The van der Waals surface area contributed by atoms with E-state index in [-0.39, 0.29) is 5.91 Å². The third kappa shape index (κ3) is 2.91. The number of nitrogens with zero attached hydrogens (tertiary/aromatic N) is 1. The Labute approximate surface area is 133 Å². The molecule has 0 fully saturated rings. The molecule has 3 rings (SSSR count). The number of nitrogens with one attached hydrogen (secondary N) is 1. The zero-order valence-corrected chi connectivity index (χ0v) is 12.8. The van der Waals surface area contributed by atoms with Gasteiger partial charge in [0, 0.05) is 30.3 Å². The zero-order chi connectivity index (χ0) is 14.8. The van der Waals surface area contributed by atoms with E-state index in [1.54, 1.807) is 23.1 Å². The van der Waals surface area contributed by atoms with Gasteiger partial charge < -0.3 is 10.2 Å². The minimum Gasteiger partial charge on any atom is -0.311 e. The number of rotatable bonds is 1. The molecule has 2 aromatic carbocycles. The topological polar surface area (TPSA) is 32.3 Å². The lowest BCUT2D eigenvalue weighted by Crippen LogP contribution is -2.34. The predicted octanol–water partition coefficient (Wildman–Crippen LogP) is 3.74. The van der Waals surface area contributed by atoms with Gasteiger partial charge in [-0.3, -0.25) is 4.79 Å². The highest BCUT2D eigenvalue weighted by molar-refractivity contribution is 6.37. The zero-order valence-electron chi connectivity index (χ0n) is 11.3. The third-order valence-electron chi connectivity index (χ3n) is 3.52. The van der Waals surface area contributed by atoms with Gasteiger partial charge in [0.25, 0.3) is 5.91 Å². The number of carbonyl (C=O) groups excluding carboxylic acids is 1. The van der Waals surface area contributed by atoms with Crippen molar-refractivity contribution in [2.45, 2.75) is 6.54 Å². The number of carbonyl (C=O) groups is 1. The maximum Gasteiger partial charge on any atom is 0.259 e. The molecule has 0 radical (unpaired) electrons. The molecule has 3 nitrogen and oxygen atoms in total. The lowest BCUT2D eigenvalue weighted by Gasteiger charge is -2.23. The standard InChI is InChI=1S/C16H14Cl2N2O/c17-12-5-6-13(14(18)9-12)16(21)20-8-7-19-10-11-3-1-2-4-15(11)20/h1-6,9,19H,7-8,10H2. The van der Waals surface area contributed by atoms with Crippen LogP contribution in [0.1, 0.15) is 15.9 Å². The van der Waals surface area contributed by atoms with E-state index in [9.17, 15) is 4.79 Å². The number of fused-ring (bicyclic) bond motifs is 1. The van der Waals surface area contributed by atoms with Crippen molar-refractivity contribution in [2.24, 2.45) is 0 Å². The number of halogens is 2. The predicted molar refractivity (Wildman–Crippen MR) is 86.3 cm³/mol. The summed E-state index contributed by atoms with van der Waals surface area (Å²) in [6.45, 7) is 2.11. The van der Waals surface area contributed by atoms with E-state index in [0.29, 0.717) is 22.2 Å². The van der Waals surface area contributed by atoms with Crippen molar-refractivity contribution < 1.29 is 4.79 Å². The van der Waals surface area contributed by atoms with Gasteiger partial charge in [-0.15, -0.1) is 0 Å². The Balaban J connectivity index is 2.01. The van der Waals surface area contributed by atoms with E-state index in [0.717, 1.165) is 24.3 Å². The monoisotopic (exact) mass is 320 g/mol. The highest BCUT2D eigenvalue weighted by Gasteiger charge is 2.23. The van der Waals surface area contributed by atoms with Crippen LogP contribution in [0.4, 0.5) is 5.69 Å². The fraction of sp³-hybridized carbons (Fsp3) is 0.188. The van der Waals surface area contributed by atoms with E-state index in [4.69, 9.17) is 23.2 Å². The highest BCUT2D eigenvalue weighted by atomic mass is 35.5. The van der Waals surface area contributed by atoms with Gasteiger partial charge in [-0.05, 0) is 29.8 Å². The van der Waals surface area contributed by atoms with Gasteiger partial charge >= 0.3 is 0 Å². The van der Waals surface area contributed by atoms with Gasteiger partial charge in [-0.25, -0.2) is 0 Å². The van der Waals surface area contributed by atoms with Gasteiger partial charge in [-0.1, -0.05) is 41.4 Å². The molecule has 5 heteroatoms. The van der Waals surface area contributed by atoms with Crippen molar-refractivity contribution in [3.63, 3.8) is 0 Å². The Morgan fingerprint density at radius 1 is 1.14 bits per heavy atom. The Bertz CT molecular complexity index is 688. The SMILES string of the molecule is O=C(c1ccc(Cl)cc1Cl)N1CCNCc2ccccc21. The molecule has 1 amide bonds. The van der Waals surface area contributed by atoms with Crippen molar-refractivity contribution >= 4 is 34.8 Å². The molecule has 1 N–H and O–H groups in total. The summed E-state index contributed by atoms with van der Waals surface area (Å²) in [6, 6.07) is 12.9. The molecule has 108 valence electrons. The summed E-state index contributed by atoms with van der Waals surface area (Å²) in [7, 11) is 0. The van der Waals surface area contributed by atoms with Crippen LogP contribution >= 0.6 is 23.2 Å². The number of amides is 1. The van der Waals surface area contributed by atoms with Gasteiger partial charge in [0.15, 0.2) is 0 Å². The van der Waals surface area contributed by atoms with Crippen molar-refractivity contribution in [3.05, 3.63) is 63.6 Å². The number of para-hydroxylation sites is 1. The minimum atomic E-state index is -0.104. The largest absolute Gasteiger partial charge is 0.311 e. The summed E-state index contributed by atoms with van der Waals surface area (Å²) in [4.78, 5) is 14.6. The Hall–Kier alpha value is -1.55. The van der Waals surface area contributed by atoms with Crippen LogP contribution < -0.4 is 10.2 Å². The van der Waals surface area contributed by atoms with Crippen molar-refractivity contribution in [1.82, 2.24) is 5.32 Å². The molecule has 21 heavy (non-hydrogen) atoms. The smallest absolute Gasteiger partial charge is 0.259 e. The van der Waals surface area contributed by atoms with Gasteiger partial charge in [0.2, 0.25) is 0 Å². The van der Waals surface area contributed by atoms with Crippen molar-refractivity contribution in [3.8, 4) is 0 Å². The first-order chi connectivity index (χ1) is 10.2. The van der Waals surface area contributed by atoms with E-state index < -0.39 is 0 Å². The van der Waals surface area contributed by atoms with Gasteiger partial charge in [-0.2, -0.15) is 0 Å². The summed E-state index contributed by atoms with van der Waals surface area (Å²) >= 11 is 12.1. The Morgan fingerprint density at radius 3 is 2.76 bits per heavy atom. The molecule has 1 aliphatic heterocycles. The fourth-order valence-electron chi connectivity index (χ4n) is 2.48. The van der Waals surface area contributed by atoms with Crippen LogP contribution in [0.3, 0.4) is 0 Å². The molecule has 0 aromatic heterocycles. The quantitative estimate of drug-likeness (QED) is 0.868. The first-order valence-electron chi connectivity index (χ1n) is 6.72. The summed E-state index contributed by atoms with van der Waals surface area (Å²) in [6.07, 6.45) is 0. The highest BCUT2D eigenvalue weighted by Crippen LogP contribution is 2.27. The molecule has 0 saturated carbocycles. The normalized spacial score (nSPS) is 14.5. The maximum absolute atomic E-state index is 12.8. The number of hydrogen-bond donors (Lipinski definition) is 1. The van der Waals surface area contributed by atoms with Crippen molar-refractivity contribution in [1.29, 1.82) is 0 Å². The lowest BCUT2D eigenvalue weighted by molar-refractivity contribution is 0.0987. The fourth-order valence-corrected chi connectivity index (χ4v) is 2.97.